The largest absolute Gasteiger partial charge is 0.496 e. The van der Waals surface area contributed by atoms with Gasteiger partial charge in [-0.2, -0.15) is 0 Å². The second-order valence-electron chi connectivity index (χ2n) is 7.08. The van der Waals surface area contributed by atoms with Crippen LogP contribution in [0.15, 0.2) is 71.1 Å². The zero-order valence-electron chi connectivity index (χ0n) is 17.9. The molecular formula is C25H25N3O3. The van der Waals surface area contributed by atoms with Gasteiger partial charge in [-0.15, -0.1) is 0 Å². The first-order valence-electron chi connectivity index (χ1n) is 10.3. The molecule has 0 saturated heterocycles. The Morgan fingerprint density at radius 3 is 2.48 bits per heavy atom. The lowest BCUT2D eigenvalue weighted by Crippen LogP contribution is -2.21. The van der Waals surface area contributed by atoms with Crippen molar-refractivity contribution >= 4 is 28.4 Å². The quantitative estimate of drug-likeness (QED) is 0.425. The number of hydrogen-bond donors (Lipinski definition) is 1. The Morgan fingerprint density at radius 2 is 1.77 bits per heavy atom. The summed E-state index contributed by atoms with van der Waals surface area (Å²) < 4.78 is 11.2. The number of para-hydroxylation sites is 1. The molecule has 4 aromatic rings. The van der Waals surface area contributed by atoms with E-state index in [0.717, 1.165) is 18.7 Å². The summed E-state index contributed by atoms with van der Waals surface area (Å²) in [4.78, 5) is 19.6. The first kappa shape index (κ1) is 20.5. The van der Waals surface area contributed by atoms with E-state index in [1.54, 1.807) is 37.4 Å². The van der Waals surface area contributed by atoms with E-state index in [4.69, 9.17) is 9.15 Å². The fourth-order valence-electron chi connectivity index (χ4n) is 3.56. The minimum absolute atomic E-state index is 0.243. The fourth-order valence-corrected chi connectivity index (χ4v) is 3.56. The van der Waals surface area contributed by atoms with E-state index in [0.29, 0.717) is 34.0 Å². The van der Waals surface area contributed by atoms with Crippen molar-refractivity contribution in [2.75, 3.05) is 30.4 Å². The molecule has 0 aliphatic rings. The molecule has 1 aromatic heterocycles. The number of benzene rings is 3. The summed E-state index contributed by atoms with van der Waals surface area (Å²) in [5.41, 5.74) is 4.54. The van der Waals surface area contributed by atoms with Crippen LogP contribution in [0.4, 0.5) is 11.4 Å². The van der Waals surface area contributed by atoms with Crippen LogP contribution >= 0.6 is 0 Å². The van der Waals surface area contributed by atoms with E-state index in [1.165, 1.54) is 5.69 Å². The van der Waals surface area contributed by atoms with Crippen molar-refractivity contribution in [3.63, 3.8) is 0 Å². The van der Waals surface area contributed by atoms with Crippen molar-refractivity contribution in [2.24, 2.45) is 0 Å². The number of carbonyl (C=O) groups is 1. The van der Waals surface area contributed by atoms with Crippen LogP contribution in [0.3, 0.4) is 0 Å². The molecule has 31 heavy (non-hydrogen) atoms. The van der Waals surface area contributed by atoms with Gasteiger partial charge in [-0.25, -0.2) is 4.98 Å². The normalized spacial score (nSPS) is 10.8. The van der Waals surface area contributed by atoms with Crippen LogP contribution < -0.4 is 15.0 Å². The third-order valence-corrected chi connectivity index (χ3v) is 5.24. The van der Waals surface area contributed by atoms with Crippen molar-refractivity contribution in [3.8, 4) is 17.2 Å². The van der Waals surface area contributed by atoms with Crippen LogP contribution in [-0.4, -0.2) is 31.1 Å². The van der Waals surface area contributed by atoms with Gasteiger partial charge < -0.3 is 19.4 Å². The minimum atomic E-state index is -0.243. The summed E-state index contributed by atoms with van der Waals surface area (Å²) in [6, 6.07) is 20.7. The minimum Gasteiger partial charge on any atom is -0.496 e. The highest BCUT2D eigenvalue weighted by molar-refractivity contribution is 6.06. The smallest absolute Gasteiger partial charge is 0.259 e. The molecule has 1 heterocycles. The average molecular weight is 415 g/mol. The average Bonchev–Trinajstić information content (AvgIpc) is 3.23. The molecule has 6 nitrogen and oxygen atoms in total. The highest BCUT2D eigenvalue weighted by Crippen LogP contribution is 2.28. The maximum Gasteiger partial charge on any atom is 0.259 e. The Morgan fingerprint density at radius 1 is 1.03 bits per heavy atom. The van der Waals surface area contributed by atoms with Crippen molar-refractivity contribution in [3.05, 3.63) is 72.3 Å². The van der Waals surface area contributed by atoms with Gasteiger partial charge in [-0.3, -0.25) is 4.79 Å². The van der Waals surface area contributed by atoms with E-state index in [1.807, 2.05) is 24.3 Å². The van der Waals surface area contributed by atoms with Crippen LogP contribution in [-0.2, 0) is 0 Å². The summed E-state index contributed by atoms with van der Waals surface area (Å²) in [5, 5.41) is 2.90. The zero-order valence-corrected chi connectivity index (χ0v) is 17.9. The summed E-state index contributed by atoms with van der Waals surface area (Å²) in [5.74, 6) is 0.833. The zero-order chi connectivity index (χ0) is 21.8. The third kappa shape index (κ3) is 4.23. The van der Waals surface area contributed by atoms with Crippen molar-refractivity contribution in [2.45, 2.75) is 13.8 Å². The highest BCUT2D eigenvalue weighted by atomic mass is 16.5. The van der Waals surface area contributed by atoms with Gasteiger partial charge in [0.15, 0.2) is 5.58 Å². The predicted octanol–water partition coefficient (Wildman–Crippen LogP) is 5.60. The van der Waals surface area contributed by atoms with E-state index >= 15 is 0 Å². The fraction of sp³-hybridized carbons (Fsp3) is 0.200. The molecule has 0 fully saturated rings. The number of fused-ring (bicyclic) bond motifs is 1. The molecule has 0 spiro atoms. The van der Waals surface area contributed by atoms with Gasteiger partial charge in [0.25, 0.3) is 5.91 Å². The first-order valence-corrected chi connectivity index (χ1v) is 10.3. The highest BCUT2D eigenvalue weighted by Gasteiger charge is 2.14. The number of anilines is 2. The second kappa shape index (κ2) is 8.92. The van der Waals surface area contributed by atoms with Crippen molar-refractivity contribution in [1.29, 1.82) is 0 Å². The number of hydrogen-bond acceptors (Lipinski definition) is 5. The van der Waals surface area contributed by atoms with Crippen LogP contribution in [0.2, 0.25) is 0 Å². The van der Waals surface area contributed by atoms with Crippen LogP contribution in [0, 0.1) is 0 Å². The van der Waals surface area contributed by atoms with Gasteiger partial charge in [0.1, 0.15) is 11.3 Å². The number of nitrogens with zero attached hydrogens (tertiary/aromatic N) is 2. The molecule has 0 radical (unpaired) electrons. The molecule has 0 bridgehead atoms. The Bertz CT molecular complexity index is 1190. The van der Waals surface area contributed by atoms with Crippen LogP contribution in [0.25, 0.3) is 22.6 Å². The molecule has 0 saturated carbocycles. The number of carbonyl (C=O) groups excluding carboxylic acids is 1. The molecule has 158 valence electrons. The van der Waals surface area contributed by atoms with E-state index in [9.17, 15) is 4.79 Å². The Labute approximate surface area is 181 Å². The lowest BCUT2D eigenvalue weighted by molar-refractivity contribution is 0.102. The molecule has 4 rings (SSSR count). The molecule has 0 aliphatic heterocycles. The van der Waals surface area contributed by atoms with Gasteiger partial charge in [-0.1, -0.05) is 12.1 Å². The number of amides is 1. The Hall–Kier alpha value is -3.80. The number of aromatic nitrogens is 1. The molecule has 0 aliphatic carbocycles. The van der Waals surface area contributed by atoms with E-state index in [2.05, 4.69) is 41.2 Å². The van der Waals surface area contributed by atoms with Crippen molar-refractivity contribution in [1.82, 2.24) is 4.98 Å². The van der Waals surface area contributed by atoms with Gasteiger partial charge in [0, 0.05) is 30.0 Å². The number of nitrogens with one attached hydrogen (secondary N) is 1. The van der Waals surface area contributed by atoms with Gasteiger partial charge in [-0.05, 0) is 68.4 Å². The molecule has 0 unspecified atom stereocenters. The van der Waals surface area contributed by atoms with Gasteiger partial charge in [0.2, 0.25) is 5.89 Å². The maximum atomic E-state index is 12.7. The Balaban J connectivity index is 1.56. The van der Waals surface area contributed by atoms with E-state index < -0.39 is 0 Å². The molecular weight excluding hydrogens is 390 g/mol. The Kier molecular flexibility index (Phi) is 5.89. The van der Waals surface area contributed by atoms with E-state index in [-0.39, 0.29) is 5.91 Å². The lowest BCUT2D eigenvalue weighted by atomic mass is 10.2. The molecule has 0 atom stereocenters. The number of methoxy groups -OCH3 is 1. The summed E-state index contributed by atoms with van der Waals surface area (Å²) in [6.45, 7) is 6.20. The monoisotopic (exact) mass is 415 g/mol. The topological polar surface area (TPSA) is 67.6 Å². The lowest BCUT2D eigenvalue weighted by Gasteiger charge is -2.20. The number of rotatable bonds is 7. The summed E-state index contributed by atoms with van der Waals surface area (Å²) >= 11 is 0. The second-order valence-corrected chi connectivity index (χ2v) is 7.08. The molecule has 1 amide bonds. The predicted molar refractivity (Wildman–Crippen MR) is 124 cm³/mol. The molecule has 6 heteroatoms. The maximum absolute atomic E-state index is 12.7. The van der Waals surface area contributed by atoms with Crippen molar-refractivity contribution < 1.29 is 13.9 Å². The number of ether oxygens (including phenoxy) is 1. The standard InChI is InChI=1S/C25H25N3O3/c1-4-28(5-2)19-13-10-17(11-14-19)25-27-21-16-18(12-15-23(21)31-25)26-24(29)20-8-6-7-9-22(20)30-3/h6-16H,4-5H2,1-3H3,(H,26,29). The van der Waals surface area contributed by atoms with Crippen LogP contribution in [0.1, 0.15) is 24.2 Å². The number of oxazole rings is 1. The van der Waals surface area contributed by atoms with Crippen LogP contribution in [0.5, 0.6) is 5.75 Å². The van der Waals surface area contributed by atoms with Gasteiger partial charge >= 0.3 is 0 Å². The SMILES string of the molecule is CCN(CC)c1ccc(-c2nc3cc(NC(=O)c4ccccc4OC)ccc3o2)cc1. The molecule has 1 N–H and O–H groups in total. The summed E-state index contributed by atoms with van der Waals surface area (Å²) in [6.07, 6.45) is 0. The summed E-state index contributed by atoms with van der Waals surface area (Å²) in [7, 11) is 1.55. The first-order chi connectivity index (χ1) is 15.1. The van der Waals surface area contributed by atoms with Gasteiger partial charge in [0.05, 0.1) is 12.7 Å². The molecule has 3 aromatic carbocycles. The third-order valence-electron chi connectivity index (χ3n) is 5.24.